The zero-order valence-electron chi connectivity index (χ0n) is 13.8. The summed E-state index contributed by atoms with van der Waals surface area (Å²) in [6.07, 6.45) is 0.341. The van der Waals surface area contributed by atoms with Crippen molar-refractivity contribution in [1.82, 2.24) is 5.32 Å². The quantitative estimate of drug-likeness (QED) is 0.625. The maximum atomic E-state index is 12.0. The molecule has 0 unspecified atom stereocenters. The molecular weight excluding hydrogens is 306 g/mol. The molecule has 0 radical (unpaired) electrons. The van der Waals surface area contributed by atoms with Crippen LogP contribution in [0.5, 0.6) is 5.75 Å². The molecule has 0 bridgehead atoms. The number of nitrogens with one attached hydrogen (secondary N) is 1. The Morgan fingerprint density at radius 3 is 2.29 bits per heavy atom. The summed E-state index contributed by atoms with van der Waals surface area (Å²) in [6.45, 7) is 2.12. The highest BCUT2D eigenvalue weighted by Gasteiger charge is 2.15. The molecule has 0 aliphatic carbocycles. The maximum Gasteiger partial charge on any atom is 0.343 e. The van der Waals surface area contributed by atoms with E-state index in [4.69, 9.17) is 9.47 Å². The zero-order chi connectivity index (χ0) is 17.4. The molecule has 2 aromatic rings. The highest BCUT2D eigenvalue weighted by atomic mass is 16.5. The number of carbonyl (C=O) groups is 2. The minimum atomic E-state index is -0.407. The van der Waals surface area contributed by atoms with Gasteiger partial charge in [-0.2, -0.15) is 0 Å². The first-order chi connectivity index (χ1) is 11.6. The van der Waals surface area contributed by atoms with Crippen molar-refractivity contribution in [3.05, 3.63) is 65.7 Å². The first-order valence-electron chi connectivity index (χ1n) is 7.79. The third-order valence-corrected chi connectivity index (χ3v) is 3.44. The lowest BCUT2D eigenvalue weighted by Gasteiger charge is -2.17. The summed E-state index contributed by atoms with van der Waals surface area (Å²) in [5.74, 6) is -0.284. The second kappa shape index (κ2) is 8.84. The van der Waals surface area contributed by atoms with Crippen LogP contribution in [-0.4, -0.2) is 25.5 Å². The summed E-state index contributed by atoms with van der Waals surface area (Å²) in [5.41, 5.74) is 1.35. The molecule has 5 heteroatoms. The van der Waals surface area contributed by atoms with Crippen molar-refractivity contribution in [2.24, 2.45) is 0 Å². The SMILES string of the molecule is CNCC[C@H](OC(C)=O)c1ccc(OC(=O)c2ccccc2)cc1. The van der Waals surface area contributed by atoms with Gasteiger partial charge in [-0.25, -0.2) is 4.79 Å². The predicted octanol–water partition coefficient (Wildman–Crippen LogP) is 3.12. The van der Waals surface area contributed by atoms with Crippen molar-refractivity contribution < 1.29 is 19.1 Å². The summed E-state index contributed by atoms with van der Waals surface area (Å²) in [6, 6.07) is 15.8. The van der Waals surface area contributed by atoms with Gasteiger partial charge in [0.2, 0.25) is 0 Å². The van der Waals surface area contributed by atoms with Crippen molar-refractivity contribution >= 4 is 11.9 Å². The zero-order valence-corrected chi connectivity index (χ0v) is 13.8. The highest BCUT2D eigenvalue weighted by Crippen LogP contribution is 2.24. The lowest BCUT2D eigenvalue weighted by Crippen LogP contribution is -2.16. The van der Waals surface area contributed by atoms with Crippen LogP contribution in [-0.2, 0) is 9.53 Å². The summed E-state index contributed by atoms with van der Waals surface area (Å²) >= 11 is 0. The van der Waals surface area contributed by atoms with Gasteiger partial charge in [0.1, 0.15) is 11.9 Å². The van der Waals surface area contributed by atoms with E-state index in [0.29, 0.717) is 17.7 Å². The first-order valence-corrected chi connectivity index (χ1v) is 7.79. The third kappa shape index (κ3) is 5.21. The van der Waals surface area contributed by atoms with Gasteiger partial charge in [0.25, 0.3) is 0 Å². The largest absolute Gasteiger partial charge is 0.458 e. The Bertz CT molecular complexity index is 668. The molecule has 1 N–H and O–H groups in total. The molecule has 126 valence electrons. The van der Waals surface area contributed by atoms with Crippen LogP contribution in [0.25, 0.3) is 0 Å². The van der Waals surface area contributed by atoms with Gasteiger partial charge in [0, 0.05) is 13.3 Å². The Labute approximate surface area is 141 Å². The van der Waals surface area contributed by atoms with E-state index in [2.05, 4.69) is 5.32 Å². The lowest BCUT2D eigenvalue weighted by molar-refractivity contribution is -0.147. The second-order valence-corrected chi connectivity index (χ2v) is 5.31. The number of rotatable bonds is 7. The molecule has 1 atom stereocenters. The molecule has 24 heavy (non-hydrogen) atoms. The smallest absolute Gasteiger partial charge is 0.343 e. The van der Waals surface area contributed by atoms with Gasteiger partial charge in [0.05, 0.1) is 5.56 Å². The first kappa shape index (κ1) is 17.7. The van der Waals surface area contributed by atoms with E-state index in [1.165, 1.54) is 6.92 Å². The van der Waals surface area contributed by atoms with Gasteiger partial charge in [0.15, 0.2) is 0 Å². The molecule has 0 fully saturated rings. The average Bonchev–Trinajstić information content (AvgIpc) is 2.60. The molecule has 0 aliphatic heterocycles. The van der Waals surface area contributed by atoms with Gasteiger partial charge >= 0.3 is 11.9 Å². The number of hydrogen-bond acceptors (Lipinski definition) is 5. The number of esters is 2. The maximum absolute atomic E-state index is 12.0. The fraction of sp³-hybridized carbons (Fsp3) is 0.263. The summed E-state index contributed by atoms with van der Waals surface area (Å²) in [4.78, 5) is 23.3. The average molecular weight is 327 g/mol. The Hall–Kier alpha value is -2.66. The van der Waals surface area contributed by atoms with Crippen LogP contribution >= 0.6 is 0 Å². The van der Waals surface area contributed by atoms with Crippen LogP contribution in [0.1, 0.15) is 35.4 Å². The van der Waals surface area contributed by atoms with Crippen LogP contribution in [0, 0.1) is 0 Å². The Kier molecular flexibility index (Phi) is 6.51. The molecule has 5 nitrogen and oxygen atoms in total. The van der Waals surface area contributed by atoms with E-state index in [9.17, 15) is 9.59 Å². The van der Waals surface area contributed by atoms with Gasteiger partial charge in [-0.3, -0.25) is 4.79 Å². The summed E-state index contributed by atoms with van der Waals surface area (Å²) in [7, 11) is 1.84. The van der Waals surface area contributed by atoms with Gasteiger partial charge in [-0.15, -0.1) is 0 Å². The van der Waals surface area contributed by atoms with Crippen molar-refractivity contribution in [2.45, 2.75) is 19.4 Å². The fourth-order valence-corrected chi connectivity index (χ4v) is 2.26. The van der Waals surface area contributed by atoms with E-state index in [0.717, 1.165) is 12.1 Å². The van der Waals surface area contributed by atoms with Crippen LogP contribution in [0.4, 0.5) is 0 Å². The molecule has 0 aromatic heterocycles. The van der Waals surface area contributed by atoms with Gasteiger partial charge in [-0.1, -0.05) is 30.3 Å². The topological polar surface area (TPSA) is 64.6 Å². The van der Waals surface area contributed by atoms with E-state index in [-0.39, 0.29) is 12.1 Å². The van der Waals surface area contributed by atoms with Crippen LogP contribution in [0.3, 0.4) is 0 Å². The standard InChI is InChI=1S/C19H21NO4/c1-14(21)23-18(12-13-20-2)15-8-10-17(11-9-15)24-19(22)16-6-4-3-5-7-16/h3-11,18,20H,12-13H2,1-2H3/t18-/m0/s1. The van der Waals surface area contributed by atoms with Crippen LogP contribution in [0.2, 0.25) is 0 Å². The second-order valence-electron chi connectivity index (χ2n) is 5.31. The monoisotopic (exact) mass is 327 g/mol. The number of ether oxygens (including phenoxy) is 2. The third-order valence-electron chi connectivity index (χ3n) is 3.44. The van der Waals surface area contributed by atoms with Gasteiger partial charge in [-0.05, 0) is 43.4 Å². The van der Waals surface area contributed by atoms with E-state index in [1.807, 2.05) is 13.1 Å². The summed E-state index contributed by atoms with van der Waals surface area (Å²) in [5, 5.41) is 3.04. The lowest BCUT2D eigenvalue weighted by atomic mass is 10.1. The van der Waals surface area contributed by atoms with Crippen molar-refractivity contribution in [3.63, 3.8) is 0 Å². The van der Waals surface area contributed by atoms with E-state index >= 15 is 0 Å². The molecule has 0 heterocycles. The van der Waals surface area contributed by atoms with Crippen molar-refractivity contribution in [1.29, 1.82) is 0 Å². The molecule has 0 aliphatic rings. The van der Waals surface area contributed by atoms with Crippen molar-refractivity contribution in [3.8, 4) is 5.75 Å². The molecule has 0 saturated carbocycles. The number of benzene rings is 2. The molecule has 0 saturated heterocycles. The number of hydrogen-bond donors (Lipinski definition) is 1. The highest BCUT2D eigenvalue weighted by molar-refractivity contribution is 5.90. The molecule has 2 rings (SSSR count). The normalized spacial score (nSPS) is 11.6. The summed E-state index contributed by atoms with van der Waals surface area (Å²) < 4.78 is 10.7. The Morgan fingerprint density at radius 2 is 1.71 bits per heavy atom. The number of carbonyl (C=O) groups excluding carboxylic acids is 2. The molecule has 2 aromatic carbocycles. The minimum Gasteiger partial charge on any atom is -0.458 e. The van der Waals surface area contributed by atoms with Gasteiger partial charge < -0.3 is 14.8 Å². The molecule has 0 amide bonds. The fourth-order valence-electron chi connectivity index (χ4n) is 2.26. The Morgan fingerprint density at radius 1 is 1.04 bits per heavy atom. The van der Waals surface area contributed by atoms with E-state index in [1.54, 1.807) is 48.5 Å². The van der Waals surface area contributed by atoms with E-state index < -0.39 is 5.97 Å². The van der Waals surface area contributed by atoms with Crippen molar-refractivity contribution in [2.75, 3.05) is 13.6 Å². The van der Waals surface area contributed by atoms with Crippen LogP contribution < -0.4 is 10.1 Å². The predicted molar refractivity (Wildman–Crippen MR) is 90.9 cm³/mol. The molecule has 0 spiro atoms. The van der Waals surface area contributed by atoms with Crippen LogP contribution in [0.15, 0.2) is 54.6 Å². The molecular formula is C19H21NO4. The Balaban J connectivity index is 2.05. The minimum absolute atomic E-state index is 0.323.